The molecule has 2 atom stereocenters. The zero-order valence-corrected chi connectivity index (χ0v) is 16.4. The lowest BCUT2D eigenvalue weighted by atomic mass is 10.2. The smallest absolute Gasteiger partial charge is 0.253 e. The van der Waals surface area contributed by atoms with Crippen LogP contribution in [0.25, 0.3) is 11.4 Å². The molecule has 1 heterocycles. The van der Waals surface area contributed by atoms with Gasteiger partial charge in [0.15, 0.2) is 0 Å². The van der Waals surface area contributed by atoms with Crippen LogP contribution in [-0.2, 0) is 4.79 Å². The van der Waals surface area contributed by atoms with Gasteiger partial charge in [-0.25, -0.2) is 4.39 Å². The second-order valence-electron chi connectivity index (χ2n) is 6.37. The van der Waals surface area contributed by atoms with Crippen LogP contribution in [-0.4, -0.2) is 28.0 Å². The third kappa shape index (κ3) is 4.97. The Morgan fingerprint density at radius 3 is 2.45 bits per heavy atom. The fraction of sp³-hybridized carbons (Fsp3) is 0.200. The lowest BCUT2D eigenvalue weighted by Crippen LogP contribution is -2.45. The van der Waals surface area contributed by atoms with E-state index in [1.165, 1.54) is 24.3 Å². The molecule has 2 amide bonds. The van der Waals surface area contributed by atoms with E-state index in [0.717, 1.165) is 0 Å². The molecule has 0 spiro atoms. The van der Waals surface area contributed by atoms with E-state index < -0.39 is 23.9 Å². The van der Waals surface area contributed by atoms with Gasteiger partial charge in [0.1, 0.15) is 17.9 Å². The molecular weight excluding hydrogens is 399 g/mol. The maximum atomic E-state index is 13.0. The Balaban J connectivity index is 1.60. The summed E-state index contributed by atoms with van der Waals surface area (Å²) in [4.78, 5) is 28.9. The standard InChI is InChI=1S/C20H18ClFN4O3/c1-11(23-19(28)15-5-3-4-6-16(15)21)18(27)24-12(2)20-25-17(26-29-20)13-7-9-14(22)10-8-13/h3-12H,1-2H3,(H,23,28)(H,24,27). The highest BCUT2D eigenvalue weighted by Crippen LogP contribution is 2.19. The van der Waals surface area contributed by atoms with Crippen molar-refractivity contribution >= 4 is 23.4 Å². The van der Waals surface area contributed by atoms with Crippen molar-refractivity contribution in [3.63, 3.8) is 0 Å². The lowest BCUT2D eigenvalue weighted by Gasteiger charge is -2.16. The average molecular weight is 417 g/mol. The van der Waals surface area contributed by atoms with Crippen LogP contribution in [0.3, 0.4) is 0 Å². The Hall–Kier alpha value is -3.26. The summed E-state index contributed by atoms with van der Waals surface area (Å²) in [5.74, 6) is -0.795. The van der Waals surface area contributed by atoms with Crippen LogP contribution in [0.4, 0.5) is 4.39 Å². The molecule has 0 radical (unpaired) electrons. The number of halogens is 2. The molecule has 3 rings (SSSR count). The Kier molecular flexibility index (Phi) is 6.23. The Labute approximate surface area is 171 Å². The van der Waals surface area contributed by atoms with Crippen LogP contribution in [0, 0.1) is 5.82 Å². The second-order valence-corrected chi connectivity index (χ2v) is 6.78. The third-order valence-electron chi connectivity index (χ3n) is 4.13. The van der Waals surface area contributed by atoms with Gasteiger partial charge in [0.25, 0.3) is 5.91 Å². The van der Waals surface area contributed by atoms with E-state index in [0.29, 0.717) is 10.6 Å². The van der Waals surface area contributed by atoms with Crippen molar-refractivity contribution in [1.29, 1.82) is 0 Å². The number of nitrogens with zero attached hydrogens (tertiary/aromatic N) is 2. The van der Waals surface area contributed by atoms with Gasteiger partial charge in [0, 0.05) is 5.56 Å². The molecule has 9 heteroatoms. The van der Waals surface area contributed by atoms with Crippen LogP contribution in [0.1, 0.15) is 36.1 Å². The van der Waals surface area contributed by atoms with Crippen molar-refractivity contribution in [2.24, 2.45) is 0 Å². The predicted molar refractivity (Wildman–Crippen MR) is 105 cm³/mol. The zero-order valence-electron chi connectivity index (χ0n) is 15.6. The highest BCUT2D eigenvalue weighted by molar-refractivity contribution is 6.33. The minimum atomic E-state index is -0.819. The number of hydrogen-bond donors (Lipinski definition) is 2. The molecule has 0 bridgehead atoms. The summed E-state index contributed by atoms with van der Waals surface area (Å²) < 4.78 is 18.2. The summed E-state index contributed by atoms with van der Waals surface area (Å²) in [6.45, 7) is 3.22. The van der Waals surface area contributed by atoms with E-state index >= 15 is 0 Å². The number of hydrogen-bond acceptors (Lipinski definition) is 5. The summed E-state index contributed by atoms with van der Waals surface area (Å²) in [5.41, 5.74) is 0.864. The number of aromatic nitrogens is 2. The van der Waals surface area contributed by atoms with Gasteiger partial charge in [-0.2, -0.15) is 4.98 Å². The van der Waals surface area contributed by atoms with Gasteiger partial charge in [-0.1, -0.05) is 28.9 Å². The van der Waals surface area contributed by atoms with Gasteiger partial charge in [0.2, 0.25) is 17.6 Å². The lowest BCUT2D eigenvalue weighted by molar-refractivity contribution is -0.123. The van der Waals surface area contributed by atoms with E-state index in [1.54, 1.807) is 38.1 Å². The van der Waals surface area contributed by atoms with Crippen LogP contribution < -0.4 is 10.6 Å². The van der Waals surface area contributed by atoms with Crippen molar-refractivity contribution in [3.8, 4) is 11.4 Å². The highest BCUT2D eigenvalue weighted by Gasteiger charge is 2.22. The highest BCUT2D eigenvalue weighted by atomic mass is 35.5. The molecule has 29 heavy (non-hydrogen) atoms. The zero-order chi connectivity index (χ0) is 21.0. The van der Waals surface area contributed by atoms with Crippen molar-refractivity contribution in [2.75, 3.05) is 0 Å². The van der Waals surface area contributed by atoms with Gasteiger partial charge < -0.3 is 15.2 Å². The molecule has 3 aromatic rings. The average Bonchev–Trinajstić information content (AvgIpc) is 3.19. The van der Waals surface area contributed by atoms with Crippen molar-refractivity contribution in [2.45, 2.75) is 25.9 Å². The third-order valence-corrected chi connectivity index (χ3v) is 4.46. The molecule has 2 N–H and O–H groups in total. The first-order valence-electron chi connectivity index (χ1n) is 8.80. The van der Waals surface area contributed by atoms with Crippen LogP contribution in [0.5, 0.6) is 0 Å². The Bertz CT molecular complexity index is 1020. The number of nitrogens with one attached hydrogen (secondary N) is 2. The van der Waals surface area contributed by atoms with E-state index in [1.807, 2.05) is 0 Å². The first-order valence-corrected chi connectivity index (χ1v) is 9.18. The topological polar surface area (TPSA) is 97.1 Å². The molecule has 0 aliphatic heterocycles. The summed E-state index contributed by atoms with van der Waals surface area (Å²) >= 11 is 6.00. The van der Waals surface area contributed by atoms with E-state index in [4.69, 9.17) is 16.1 Å². The summed E-state index contributed by atoms with van der Waals surface area (Å²) in [6.07, 6.45) is 0. The molecular formula is C20H18ClFN4O3. The van der Waals surface area contributed by atoms with Gasteiger partial charge in [-0.05, 0) is 50.2 Å². The molecule has 7 nitrogen and oxygen atoms in total. The monoisotopic (exact) mass is 416 g/mol. The van der Waals surface area contributed by atoms with Gasteiger partial charge in [-0.15, -0.1) is 0 Å². The van der Waals surface area contributed by atoms with Gasteiger partial charge >= 0.3 is 0 Å². The Morgan fingerprint density at radius 1 is 1.07 bits per heavy atom. The summed E-state index contributed by atoms with van der Waals surface area (Å²) in [7, 11) is 0. The molecule has 0 aliphatic rings. The summed E-state index contributed by atoms with van der Waals surface area (Å²) in [5, 5.41) is 9.43. The van der Waals surface area contributed by atoms with E-state index in [2.05, 4.69) is 20.8 Å². The van der Waals surface area contributed by atoms with Crippen molar-refractivity contribution in [1.82, 2.24) is 20.8 Å². The number of carbonyl (C=O) groups excluding carboxylic acids is 2. The maximum absolute atomic E-state index is 13.0. The van der Waals surface area contributed by atoms with E-state index in [-0.39, 0.29) is 23.1 Å². The number of benzene rings is 2. The molecule has 0 saturated carbocycles. The first kappa shape index (κ1) is 20.5. The normalized spacial score (nSPS) is 12.8. The fourth-order valence-electron chi connectivity index (χ4n) is 2.51. The fourth-order valence-corrected chi connectivity index (χ4v) is 2.73. The minimum Gasteiger partial charge on any atom is -0.343 e. The molecule has 2 aromatic carbocycles. The number of amides is 2. The van der Waals surface area contributed by atoms with Gasteiger partial charge in [0.05, 0.1) is 10.6 Å². The molecule has 0 fully saturated rings. The van der Waals surface area contributed by atoms with Gasteiger partial charge in [-0.3, -0.25) is 9.59 Å². The second kappa shape index (κ2) is 8.83. The molecule has 0 saturated heterocycles. The molecule has 1 aromatic heterocycles. The largest absolute Gasteiger partial charge is 0.343 e. The Morgan fingerprint density at radius 2 is 1.76 bits per heavy atom. The number of carbonyl (C=O) groups is 2. The molecule has 150 valence electrons. The van der Waals surface area contributed by atoms with Crippen molar-refractivity contribution < 1.29 is 18.5 Å². The van der Waals surface area contributed by atoms with E-state index in [9.17, 15) is 14.0 Å². The van der Waals surface area contributed by atoms with Crippen molar-refractivity contribution in [3.05, 3.63) is 70.8 Å². The SMILES string of the molecule is CC(NC(=O)c1ccccc1Cl)C(=O)NC(C)c1nc(-c2ccc(F)cc2)no1. The maximum Gasteiger partial charge on any atom is 0.253 e. The molecule has 2 unspecified atom stereocenters. The van der Waals surface area contributed by atoms with Crippen LogP contribution >= 0.6 is 11.6 Å². The summed E-state index contributed by atoms with van der Waals surface area (Å²) in [6, 6.07) is 10.8. The molecule has 0 aliphatic carbocycles. The number of rotatable bonds is 6. The quantitative estimate of drug-likeness (QED) is 0.640. The predicted octanol–water partition coefficient (Wildman–Crippen LogP) is 3.52. The minimum absolute atomic E-state index is 0.183. The van der Waals surface area contributed by atoms with Crippen LogP contribution in [0.15, 0.2) is 53.1 Å². The first-order chi connectivity index (χ1) is 13.8. The van der Waals surface area contributed by atoms with Crippen LogP contribution in [0.2, 0.25) is 5.02 Å².